The summed E-state index contributed by atoms with van der Waals surface area (Å²) in [6.07, 6.45) is 2.99. The average Bonchev–Trinajstić information content (AvgIpc) is 3.29. The number of aryl methyl sites for hydroxylation is 1. The summed E-state index contributed by atoms with van der Waals surface area (Å²) in [5, 5.41) is 6.57. The zero-order valence-corrected chi connectivity index (χ0v) is 19.5. The second-order valence-electron chi connectivity index (χ2n) is 8.74. The van der Waals surface area contributed by atoms with E-state index in [1.165, 1.54) is 0 Å². The Labute approximate surface area is 194 Å². The van der Waals surface area contributed by atoms with Gasteiger partial charge in [-0.3, -0.25) is 14.9 Å². The van der Waals surface area contributed by atoms with Gasteiger partial charge in [0.25, 0.3) is 11.8 Å². The Bertz CT molecular complexity index is 1180. The molecule has 0 saturated heterocycles. The zero-order chi connectivity index (χ0) is 23.4. The number of nitrogens with zero attached hydrogens (tertiary/aromatic N) is 3. The van der Waals surface area contributed by atoms with Crippen molar-refractivity contribution >= 4 is 34.0 Å². The van der Waals surface area contributed by atoms with Gasteiger partial charge in [0.15, 0.2) is 0 Å². The second-order valence-corrected chi connectivity index (χ2v) is 8.74. The van der Waals surface area contributed by atoms with E-state index < -0.39 is 5.91 Å². The molecule has 0 fully saturated rings. The zero-order valence-electron chi connectivity index (χ0n) is 19.5. The fourth-order valence-electron chi connectivity index (χ4n) is 4.12. The van der Waals surface area contributed by atoms with Crippen LogP contribution in [0.3, 0.4) is 0 Å². The standard InChI is InChI=1S/C26H31N5O2/c1-29(2)16-17-30(3)14-9-15-31-18-21(20-12-7-8-13-22(20)31)23-24(26(33)28-25(23)32)27-19-10-5-4-6-11-19/h4-8,10-13,18H,9,14-17H2,1-3H3,(H2,27,28,32,33). The molecule has 4 rings (SSSR count). The normalized spacial score (nSPS) is 14.1. The van der Waals surface area contributed by atoms with Crippen LogP contribution < -0.4 is 10.6 Å². The minimum absolute atomic E-state index is 0.289. The number of hydrogen-bond acceptors (Lipinski definition) is 5. The maximum absolute atomic E-state index is 12.8. The maximum Gasteiger partial charge on any atom is 0.275 e. The molecule has 0 saturated carbocycles. The monoisotopic (exact) mass is 445 g/mol. The third-order valence-electron chi connectivity index (χ3n) is 5.90. The minimum Gasteiger partial charge on any atom is -0.350 e. The Balaban J connectivity index is 1.62. The van der Waals surface area contributed by atoms with Gasteiger partial charge in [0.05, 0.1) is 5.57 Å². The van der Waals surface area contributed by atoms with Crippen LogP contribution in [-0.4, -0.2) is 67.0 Å². The van der Waals surface area contributed by atoms with Gasteiger partial charge in [0.1, 0.15) is 5.70 Å². The highest BCUT2D eigenvalue weighted by molar-refractivity contribution is 6.38. The van der Waals surface area contributed by atoms with Crippen molar-refractivity contribution in [1.29, 1.82) is 0 Å². The number of amides is 2. The number of carbonyl (C=O) groups is 2. The quantitative estimate of drug-likeness (QED) is 0.470. The number of aromatic nitrogens is 1. The van der Waals surface area contributed by atoms with Crippen LogP contribution in [-0.2, 0) is 16.1 Å². The summed E-state index contributed by atoms with van der Waals surface area (Å²) >= 11 is 0. The van der Waals surface area contributed by atoms with Crippen molar-refractivity contribution in [2.75, 3.05) is 46.1 Å². The molecule has 0 aliphatic carbocycles. The molecule has 7 heteroatoms. The fraction of sp³-hybridized carbons (Fsp3) is 0.308. The van der Waals surface area contributed by atoms with Crippen molar-refractivity contribution in [1.82, 2.24) is 19.7 Å². The van der Waals surface area contributed by atoms with E-state index in [0.717, 1.165) is 54.8 Å². The number of anilines is 1. The van der Waals surface area contributed by atoms with Crippen molar-refractivity contribution in [2.45, 2.75) is 13.0 Å². The number of nitrogens with one attached hydrogen (secondary N) is 2. The Morgan fingerprint density at radius 2 is 1.61 bits per heavy atom. The SMILES string of the molecule is CN(C)CCN(C)CCCn1cc(C2=C(Nc3ccccc3)C(=O)NC2=O)c2ccccc21. The molecule has 1 aliphatic heterocycles. The van der Waals surface area contributed by atoms with Crippen molar-refractivity contribution < 1.29 is 9.59 Å². The summed E-state index contributed by atoms with van der Waals surface area (Å²) in [7, 11) is 6.31. The first-order chi connectivity index (χ1) is 15.9. The van der Waals surface area contributed by atoms with Gasteiger partial charge in [0.2, 0.25) is 0 Å². The third-order valence-corrected chi connectivity index (χ3v) is 5.90. The van der Waals surface area contributed by atoms with E-state index in [0.29, 0.717) is 5.57 Å². The summed E-state index contributed by atoms with van der Waals surface area (Å²) < 4.78 is 2.19. The predicted molar refractivity (Wildman–Crippen MR) is 133 cm³/mol. The number of imide groups is 1. The van der Waals surface area contributed by atoms with E-state index in [1.807, 2.05) is 54.7 Å². The molecule has 2 N–H and O–H groups in total. The molecular formula is C26H31N5O2. The van der Waals surface area contributed by atoms with Gasteiger partial charge in [-0.2, -0.15) is 0 Å². The van der Waals surface area contributed by atoms with E-state index in [9.17, 15) is 9.59 Å². The number of para-hydroxylation sites is 2. The molecule has 0 atom stereocenters. The highest BCUT2D eigenvalue weighted by atomic mass is 16.2. The number of benzene rings is 2. The van der Waals surface area contributed by atoms with E-state index in [-0.39, 0.29) is 11.6 Å². The molecular weight excluding hydrogens is 414 g/mol. The Hall–Kier alpha value is -3.42. The van der Waals surface area contributed by atoms with Gasteiger partial charge in [0, 0.05) is 48.0 Å². The average molecular weight is 446 g/mol. The predicted octanol–water partition coefficient (Wildman–Crippen LogP) is 3.00. The van der Waals surface area contributed by atoms with E-state index in [1.54, 1.807) is 0 Å². The first kappa shape index (κ1) is 22.8. The fourth-order valence-corrected chi connectivity index (χ4v) is 4.12. The number of carbonyl (C=O) groups excluding carboxylic acids is 2. The highest BCUT2D eigenvalue weighted by Crippen LogP contribution is 2.32. The van der Waals surface area contributed by atoms with Gasteiger partial charge >= 0.3 is 0 Å². The summed E-state index contributed by atoms with van der Waals surface area (Å²) in [5.74, 6) is -0.775. The lowest BCUT2D eigenvalue weighted by Gasteiger charge is -2.19. The van der Waals surface area contributed by atoms with Crippen molar-refractivity contribution in [3.05, 3.63) is 72.1 Å². The van der Waals surface area contributed by atoms with Crippen LogP contribution in [0.5, 0.6) is 0 Å². The summed E-state index contributed by atoms with van der Waals surface area (Å²) in [6.45, 7) is 3.87. The van der Waals surface area contributed by atoms with E-state index in [2.05, 4.69) is 52.2 Å². The Morgan fingerprint density at radius 1 is 0.879 bits per heavy atom. The largest absolute Gasteiger partial charge is 0.350 e. The van der Waals surface area contributed by atoms with Gasteiger partial charge in [-0.1, -0.05) is 36.4 Å². The van der Waals surface area contributed by atoms with E-state index in [4.69, 9.17) is 0 Å². The molecule has 2 aromatic carbocycles. The lowest BCUT2D eigenvalue weighted by atomic mass is 10.0. The molecule has 2 heterocycles. The molecule has 172 valence electrons. The van der Waals surface area contributed by atoms with Crippen molar-refractivity contribution in [2.24, 2.45) is 0 Å². The first-order valence-corrected chi connectivity index (χ1v) is 11.3. The third kappa shape index (κ3) is 5.16. The maximum atomic E-state index is 12.8. The van der Waals surface area contributed by atoms with Crippen LogP contribution in [0.4, 0.5) is 5.69 Å². The number of hydrogen-bond donors (Lipinski definition) is 2. The topological polar surface area (TPSA) is 69.6 Å². The number of likely N-dealkylation sites (N-methyl/N-ethyl adjacent to an activating group) is 2. The lowest BCUT2D eigenvalue weighted by molar-refractivity contribution is -0.123. The molecule has 33 heavy (non-hydrogen) atoms. The molecule has 7 nitrogen and oxygen atoms in total. The summed E-state index contributed by atoms with van der Waals surface area (Å²) in [6, 6.07) is 17.5. The first-order valence-electron chi connectivity index (χ1n) is 11.3. The van der Waals surface area contributed by atoms with Gasteiger partial charge < -0.3 is 19.7 Å². The van der Waals surface area contributed by atoms with Crippen LogP contribution in [0.2, 0.25) is 0 Å². The molecule has 0 bridgehead atoms. The van der Waals surface area contributed by atoms with Gasteiger partial charge in [-0.15, -0.1) is 0 Å². The highest BCUT2D eigenvalue weighted by Gasteiger charge is 2.33. The van der Waals surface area contributed by atoms with Crippen molar-refractivity contribution in [3.8, 4) is 0 Å². The van der Waals surface area contributed by atoms with Gasteiger partial charge in [-0.25, -0.2) is 0 Å². The molecule has 2 amide bonds. The number of rotatable bonds is 10. The Kier molecular flexibility index (Phi) is 6.91. The van der Waals surface area contributed by atoms with Crippen LogP contribution in [0.25, 0.3) is 16.5 Å². The molecule has 0 spiro atoms. The molecule has 3 aromatic rings. The molecule has 1 aliphatic rings. The second kappa shape index (κ2) is 10.0. The minimum atomic E-state index is -0.404. The smallest absolute Gasteiger partial charge is 0.275 e. The van der Waals surface area contributed by atoms with E-state index >= 15 is 0 Å². The van der Waals surface area contributed by atoms with Crippen LogP contribution in [0, 0.1) is 0 Å². The molecule has 0 unspecified atom stereocenters. The summed E-state index contributed by atoms with van der Waals surface area (Å²) in [5.41, 5.74) is 3.27. The number of fused-ring (bicyclic) bond motifs is 1. The molecule has 1 aromatic heterocycles. The van der Waals surface area contributed by atoms with Crippen LogP contribution in [0.15, 0.2) is 66.5 Å². The lowest BCUT2D eigenvalue weighted by Crippen LogP contribution is -2.29. The van der Waals surface area contributed by atoms with Crippen LogP contribution >= 0.6 is 0 Å². The summed E-state index contributed by atoms with van der Waals surface area (Å²) in [4.78, 5) is 29.9. The van der Waals surface area contributed by atoms with Gasteiger partial charge in [-0.05, 0) is 52.3 Å². The van der Waals surface area contributed by atoms with Crippen molar-refractivity contribution in [3.63, 3.8) is 0 Å². The Morgan fingerprint density at radius 3 is 2.36 bits per heavy atom. The van der Waals surface area contributed by atoms with Crippen LogP contribution in [0.1, 0.15) is 12.0 Å². The molecule has 0 radical (unpaired) electrons.